The molecule has 0 aromatic heterocycles. The number of sulfonamides is 1. The lowest BCUT2D eigenvalue weighted by atomic mass is 9.88. The molecule has 0 heterocycles. The van der Waals surface area contributed by atoms with Gasteiger partial charge in [-0.15, -0.1) is 0 Å². The number of hydrogen-bond acceptors (Lipinski definition) is 2. The minimum absolute atomic E-state index is 0.0286. The highest BCUT2D eigenvalue weighted by Crippen LogP contribution is 2.28. The lowest BCUT2D eigenvalue weighted by molar-refractivity contribution is 0.332. The Morgan fingerprint density at radius 3 is 2.47 bits per heavy atom. The standard InChI is InChI=1S/C13H17BrClNO2S/c1-9-2-5-11(6-3-9)16-19(17,18)13-7-4-10(14)8-12(13)15/h4,7-9,11,16H,2-3,5-6H2,1H3. The Morgan fingerprint density at radius 1 is 1.26 bits per heavy atom. The molecule has 0 atom stereocenters. The summed E-state index contributed by atoms with van der Waals surface area (Å²) >= 11 is 9.27. The van der Waals surface area contributed by atoms with E-state index in [9.17, 15) is 8.42 Å². The van der Waals surface area contributed by atoms with Crippen LogP contribution in [-0.2, 0) is 10.0 Å². The molecule has 0 spiro atoms. The topological polar surface area (TPSA) is 46.2 Å². The minimum Gasteiger partial charge on any atom is -0.208 e. The van der Waals surface area contributed by atoms with Crippen molar-refractivity contribution >= 4 is 37.6 Å². The van der Waals surface area contributed by atoms with Gasteiger partial charge in [0.05, 0.1) is 5.02 Å². The Hall–Kier alpha value is -0.100. The lowest BCUT2D eigenvalue weighted by Crippen LogP contribution is -2.37. The van der Waals surface area contributed by atoms with E-state index in [4.69, 9.17) is 11.6 Å². The summed E-state index contributed by atoms with van der Waals surface area (Å²) in [6.45, 7) is 2.20. The molecule has 1 aromatic carbocycles. The Morgan fingerprint density at radius 2 is 1.89 bits per heavy atom. The van der Waals surface area contributed by atoms with Gasteiger partial charge in [0, 0.05) is 10.5 Å². The normalized spacial score (nSPS) is 24.4. The van der Waals surface area contributed by atoms with Gasteiger partial charge in [-0.05, 0) is 49.8 Å². The van der Waals surface area contributed by atoms with Gasteiger partial charge in [0.15, 0.2) is 0 Å². The van der Waals surface area contributed by atoms with Crippen LogP contribution >= 0.6 is 27.5 Å². The molecule has 0 bridgehead atoms. The van der Waals surface area contributed by atoms with E-state index < -0.39 is 10.0 Å². The van der Waals surface area contributed by atoms with Gasteiger partial charge >= 0.3 is 0 Å². The van der Waals surface area contributed by atoms with Crippen molar-refractivity contribution in [3.63, 3.8) is 0 Å². The second kappa shape index (κ2) is 6.12. The molecular weight excluding hydrogens is 350 g/mol. The smallest absolute Gasteiger partial charge is 0.208 e. The summed E-state index contributed by atoms with van der Waals surface area (Å²) in [5.74, 6) is 0.692. The summed E-state index contributed by atoms with van der Waals surface area (Å²) in [5, 5.41) is 0.242. The lowest BCUT2D eigenvalue weighted by Gasteiger charge is -2.26. The monoisotopic (exact) mass is 365 g/mol. The van der Waals surface area contributed by atoms with E-state index in [0.717, 1.165) is 30.2 Å². The van der Waals surface area contributed by atoms with Crippen molar-refractivity contribution in [2.24, 2.45) is 5.92 Å². The number of benzene rings is 1. The van der Waals surface area contributed by atoms with Crippen LogP contribution in [0.1, 0.15) is 32.6 Å². The van der Waals surface area contributed by atoms with E-state index in [1.165, 1.54) is 6.07 Å². The molecule has 3 nitrogen and oxygen atoms in total. The van der Waals surface area contributed by atoms with Gasteiger partial charge in [0.2, 0.25) is 10.0 Å². The molecule has 0 radical (unpaired) electrons. The van der Waals surface area contributed by atoms with Crippen LogP contribution in [0.25, 0.3) is 0 Å². The summed E-state index contributed by atoms with van der Waals surface area (Å²) in [6, 6.07) is 4.84. The third-order valence-electron chi connectivity index (χ3n) is 3.52. The van der Waals surface area contributed by atoms with Gasteiger partial charge in [-0.1, -0.05) is 34.5 Å². The fourth-order valence-electron chi connectivity index (χ4n) is 2.35. The van der Waals surface area contributed by atoms with E-state index in [-0.39, 0.29) is 16.0 Å². The van der Waals surface area contributed by atoms with Gasteiger partial charge in [0.25, 0.3) is 0 Å². The Bertz CT molecular complexity index is 554. The van der Waals surface area contributed by atoms with Crippen LogP contribution in [0.4, 0.5) is 0 Å². The van der Waals surface area contributed by atoms with Crippen LogP contribution in [-0.4, -0.2) is 14.5 Å². The third kappa shape index (κ3) is 3.94. The van der Waals surface area contributed by atoms with Crippen molar-refractivity contribution in [2.45, 2.75) is 43.5 Å². The summed E-state index contributed by atoms with van der Waals surface area (Å²) < 4.78 is 28.1. The first-order chi connectivity index (χ1) is 8.88. The predicted octanol–water partition coefficient (Wildman–Crippen LogP) is 3.96. The second-order valence-corrected chi connectivity index (χ2v) is 8.16. The largest absolute Gasteiger partial charge is 0.242 e. The third-order valence-corrected chi connectivity index (χ3v) is 6.02. The van der Waals surface area contributed by atoms with E-state index in [1.54, 1.807) is 12.1 Å². The molecule has 2 rings (SSSR count). The van der Waals surface area contributed by atoms with E-state index in [0.29, 0.717) is 5.92 Å². The molecule has 1 aliphatic rings. The zero-order valence-corrected chi connectivity index (χ0v) is 13.9. The molecule has 1 N–H and O–H groups in total. The molecule has 0 saturated heterocycles. The number of halogens is 2. The molecule has 6 heteroatoms. The van der Waals surface area contributed by atoms with Crippen LogP contribution in [0.2, 0.25) is 5.02 Å². The van der Waals surface area contributed by atoms with Crippen molar-refractivity contribution in [1.29, 1.82) is 0 Å². The fourth-order valence-corrected chi connectivity index (χ4v) is 4.70. The molecule has 19 heavy (non-hydrogen) atoms. The van der Waals surface area contributed by atoms with Crippen LogP contribution in [0.15, 0.2) is 27.6 Å². The van der Waals surface area contributed by atoms with Crippen LogP contribution < -0.4 is 4.72 Å². The predicted molar refractivity (Wildman–Crippen MR) is 80.9 cm³/mol. The SMILES string of the molecule is CC1CCC(NS(=O)(=O)c2ccc(Br)cc2Cl)CC1. The fraction of sp³-hybridized carbons (Fsp3) is 0.538. The molecule has 1 aromatic rings. The Labute approximate surface area is 127 Å². The van der Waals surface area contributed by atoms with Crippen molar-refractivity contribution < 1.29 is 8.42 Å². The van der Waals surface area contributed by atoms with Crippen LogP contribution in [0, 0.1) is 5.92 Å². The molecule has 1 fully saturated rings. The van der Waals surface area contributed by atoms with Gasteiger partial charge in [-0.25, -0.2) is 13.1 Å². The molecule has 0 unspecified atom stereocenters. The van der Waals surface area contributed by atoms with Crippen molar-refractivity contribution in [2.75, 3.05) is 0 Å². The minimum atomic E-state index is -3.53. The molecule has 1 aliphatic carbocycles. The highest BCUT2D eigenvalue weighted by Gasteiger charge is 2.25. The van der Waals surface area contributed by atoms with Gasteiger partial charge < -0.3 is 0 Å². The van der Waals surface area contributed by atoms with E-state index in [2.05, 4.69) is 27.6 Å². The summed E-state index contributed by atoms with van der Waals surface area (Å²) in [7, 11) is -3.53. The Kier molecular flexibility index (Phi) is 4.93. The van der Waals surface area contributed by atoms with Crippen LogP contribution in [0.5, 0.6) is 0 Å². The summed E-state index contributed by atoms with van der Waals surface area (Å²) in [4.78, 5) is 0.149. The van der Waals surface area contributed by atoms with Gasteiger partial charge in [0.1, 0.15) is 4.90 Å². The first kappa shape index (κ1) is 15.3. The first-order valence-electron chi connectivity index (χ1n) is 6.36. The van der Waals surface area contributed by atoms with Gasteiger partial charge in [-0.3, -0.25) is 0 Å². The average Bonchev–Trinajstić information content (AvgIpc) is 2.31. The molecule has 106 valence electrons. The maximum atomic E-state index is 12.3. The number of rotatable bonds is 3. The highest BCUT2D eigenvalue weighted by atomic mass is 79.9. The molecule has 1 saturated carbocycles. The zero-order chi connectivity index (χ0) is 14.0. The van der Waals surface area contributed by atoms with Crippen molar-refractivity contribution in [1.82, 2.24) is 4.72 Å². The number of nitrogens with one attached hydrogen (secondary N) is 1. The quantitative estimate of drug-likeness (QED) is 0.880. The highest BCUT2D eigenvalue weighted by molar-refractivity contribution is 9.10. The summed E-state index contributed by atoms with van der Waals surface area (Å²) in [5.41, 5.74) is 0. The average molecular weight is 367 g/mol. The molecule has 0 amide bonds. The number of hydrogen-bond donors (Lipinski definition) is 1. The maximum Gasteiger partial charge on any atom is 0.242 e. The summed E-state index contributed by atoms with van der Waals surface area (Å²) in [6.07, 6.45) is 3.94. The Balaban J connectivity index is 2.14. The maximum absolute atomic E-state index is 12.3. The van der Waals surface area contributed by atoms with Crippen LogP contribution in [0.3, 0.4) is 0 Å². The zero-order valence-electron chi connectivity index (χ0n) is 10.7. The van der Waals surface area contributed by atoms with E-state index in [1.807, 2.05) is 0 Å². The second-order valence-electron chi connectivity index (χ2n) is 5.15. The van der Waals surface area contributed by atoms with E-state index >= 15 is 0 Å². The first-order valence-corrected chi connectivity index (χ1v) is 9.01. The van der Waals surface area contributed by atoms with Crippen molar-refractivity contribution in [3.8, 4) is 0 Å². The molecule has 0 aliphatic heterocycles. The van der Waals surface area contributed by atoms with Crippen molar-refractivity contribution in [3.05, 3.63) is 27.7 Å². The van der Waals surface area contributed by atoms with Gasteiger partial charge in [-0.2, -0.15) is 0 Å². The molecular formula is C13H17BrClNO2S.